The molecule has 27 heavy (non-hydrogen) atoms. The highest BCUT2D eigenvalue weighted by Crippen LogP contribution is 2.16. The summed E-state index contributed by atoms with van der Waals surface area (Å²) in [6, 6.07) is 5.37. The van der Waals surface area contributed by atoms with Crippen LogP contribution in [0.15, 0.2) is 18.2 Å². The highest BCUT2D eigenvalue weighted by atomic mass is 16.2. The van der Waals surface area contributed by atoms with Crippen molar-refractivity contribution in [3.63, 3.8) is 0 Å². The van der Waals surface area contributed by atoms with E-state index in [-0.39, 0.29) is 23.4 Å². The Balaban J connectivity index is 2.28. The Morgan fingerprint density at radius 3 is 2.37 bits per heavy atom. The molecule has 7 nitrogen and oxygen atoms in total. The number of hydrogen-bond acceptors (Lipinski definition) is 4. The van der Waals surface area contributed by atoms with Crippen LogP contribution in [0.3, 0.4) is 0 Å². The molecule has 0 saturated carbocycles. The summed E-state index contributed by atoms with van der Waals surface area (Å²) < 4.78 is 0. The highest BCUT2D eigenvalue weighted by Gasteiger charge is 2.26. The lowest BCUT2D eigenvalue weighted by Crippen LogP contribution is -2.47. The molecule has 0 fully saturated rings. The van der Waals surface area contributed by atoms with E-state index in [0.29, 0.717) is 12.1 Å². The molecule has 1 aromatic heterocycles. The molecule has 1 aromatic carbocycles. The number of nitrogens with one attached hydrogen (secondary N) is 1. The number of carbonyl (C=O) groups is 2. The largest absolute Gasteiger partial charge is 0.347 e. The first kappa shape index (κ1) is 20.6. The summed E-state index contributed by atoms with van der Waals surface area (Å²) >= 11 is 0. The predicted octanol–water partition coefficient (Wildman–Crippen LogP) is 2.43. The first-order valence-corrected chi connectivity index (χ1v) is 9.13. The minimum absolute atomic E-state index is 0.128. The van der Waals surface area contributed by atoms with Crippen LogP contribution in [0.25, 0.3) is 5.69 Å². The Labute approximate surface area is 160 Å². The molecule has 0 unspecified atom stereocenters. The van der Waals surface area contributed by atoms with Crippen LogP contribution in [0, 0.1) is 26.7 Å². The van der Waals surface area contributed by atoms with Crippen LogP contribution >= 0.6 is 0 Å². The van der Waals surface area contributed by atoms with Gasteiger partial charge in [-0.25, -0.2) is 0 Å². The minimum atomic E-state index is -0.585. The maximum absolute atomic E-state index is 12.8. The van der Waals surface area contributed by atoms with E-state index in [0.717, 1.165) is 16.8 Å². The zero-order valence-corrected chi connectivity index (χ0v) is 17.2. The van der Waals surface area contributed by atoms with Crippen LogP contribution in [0.4, 0.5) is 0 Å². The fraction of sp³-hybridized carbons (Fsp3) is 0.500. The number of hydrogen-bond donors (Lipinski definition) is 1. The Bertz CT molecular complexity index is 839. The molecule has 0 aliphatic heterocycles. The summed E-state index contributed by atoms with van der Waals surface area (Å²) in [5.74, 6) is -0.243. The summed E-state index contributed by atoms with van der Waals surface area (Å²) in [6.07, 6.45) is 0.563. The third kappa shape index (κ3) is 4.93. The van der Waals surface area contributed by atoms with Crippen molar-refractivity contribution < 1.29 is 9.59 Å². The number of rotatable bonds is 6. The number of nitrogens with zero attached hydrogens (tertiary/aromatic N) is 4. The second kappa shape index (κ2) is 8.33. The van der Waals surface area contributed by atoms with Crippen molar-refractivity contribution in [2.45, 2.75) is 47.1 Å². The molecule has 7 heteroatoms. The van der Waals surface area contributed by atoms with Crippen molar-refractivity contribution >= 4 is 11.8 Å². The molecule has 0 aliphatic carbocycles. The third-order valence-electron chi connectivity index (χ3n) is 4.32. The SMILES string of the molecule is Cc1ccc(-n2nc(C)c(C(=O)N[C@H](CC(C)C)C(=O)N(C)C)n2)c(C)c1. The van der Waals surface area contributed by atoms with Crippen molar-refractivity contribution in [1.29, 1.82) is 0 Å². The van der Waals surface area contributed by atoms with Crippen LogP contribution in [0.5, 0.6) is 0 Å². The summed E-state index contributed by atoms with van der Waals surface area (Å²) in [6.45, 7) is 9.78. The van der Waals surface area contributed by atoms with Gasteiger partial charge in [0.25, 0.3) is 5.91 Å². The fourth-order valence-electron chi connectivity index (χ4n) is 2.96. The molecule has 1 N–H and O–H groups in total. The van der Waals surface area contributed by atoms with Gasteiger partial charge in [0, 0.05) is 14.1 Å². The van der Waals surface area contributed by atoms with Gasteiger partial charge in [-0.05, 0) is 44.7 Å². The second-order valence-corrected chi connectivity index (χ2v) is 7.60. The van der Waals surface area contributed by atoms with Crippen molar-refractivity contribution in [2.24, 2.45) is 5.92 Å². The molecule has 0 spiro atoms. The maximum atomic E-state index is 12.8. The Morgan fingerprint density at radius 1 is 1.15 bits per heavy atom. The number of amides is 2. The van der Waals surface area contributed by atoms with Gasteiger partial charge < -0.3 is 10.2 Å². The van der Waals surface area contributed by atoms with Gasteiger partial charge in [-0.1, -0.05) is 31.5 Å². The van der Waals surface area contributed by atoms with Crippen LogP contribution in [-0.4, -0.2) is 51.8 Å². The van der Waals surface area contributed by atoms with Gasteiger partial charge in [0.15, 0.2) is 5.69 Å². The van der Waals surface area contributed by atoms with Gasteiger partial charge in [0.2, 0.25) is 5.91 Å². The summed E-state index contributed by atoms with van der Waals surface area (Å²) in [5, 5.41) is 11.6. The first-order valence-electron chi connectivity index (χ1n) is 9.13. The number of carbonyl (C=O) groups excluding carboxylic acids is 2. The molecule has 0 radical (unpaired) electrons. The van der Waals surface area contributed by atoms with Crippen LogP contribution in [-0.2, 0) is 4.79 Å². The average molecular weight is 371 g/mol. The van der Waals surface area contributed by atoms with Gasteiger partial charge in [-0.2, -0.15) is 9.90 Å². The Morgan fingerprint density at radius 2 is 1.81 bits per heavy atom. The summed E-state index contributed by atoms with van der Waals surface area (Å²) in [7, 11) is 3.37. The van der Waals surface area contributed by atoms with E-state index >= 15 is 0 Å². The number of benzene rings is 1. The monoisotopic (exact) mass is 371 g/mol. The van der Waals surface area contributed by atoms with E-state index in [9.17, 15) is 9.59 Å². The molecule has 0 aliphatic rings. The fourth-order valence-corrected chi connectivity index (χ4v) is 2.96. The van der Waals surface area contributed by atoms with E-state index in [1.807, 2.05) is 45.9 Å². The molecule has 2 rings (SSSR count). The van der Waals surface area contributed by atoms with E-state index in [2.05, 4.69) is 15.5 Å². The molecular weight excluding hydrogens is 342 g/mol. The number of aryl methyl sites for hydroxylation is 3. The second-order valence-electron chi connectivity index (χ2n) is 7.60. The van der Waals surface area contributed by atoms with Crippen molar-refractivity contribution in [3.05, 3.63) is 40.7 Å². The molecule has 0 bridgehead atoms. The molecule has 1 heterocycles. The highest BCUT2D eigenvalue weighted by molar-refractivity contribution is 5.96. The van der Waals surface area contributed by atoms with Crippen molar-refractivity contribution in [3.8, 4) is 5.69 Å². The van der Waals surface area contributed by atoms with Crippen molar-refractivity contribution in [1.82, 2.24) is 25.2 Å². The lowest BCUT2D eigenvalue weighted by Gasteiger charge is -2.22. The van der Waals surface area contributed by atoms with E-state index in [1.54, 1.807) is 21.0 Å². The quantitative estimate of drug-likeness (QED) is 0.846. The molecule has 2 aromatic rings. The molecule has 2 amide bonds. The predicted molar refractivity (Wildman–Crippen MR) is 105 cm³/mol. The smallest absolute Gasteiger partial charge is 0.274 e. The van der Waals surface area contributed by atoms with Gasteiger partial charge in [0.05, 0.1) is 11.4 Å². The summed E-state index contributed by atoms with van der Waals surface area (Å²) in [5.41, 5.74) is 3.75. The van der Waals surface area contributed by atoms with Gasteiger partial charge in [-0.3, -0.25) is 9.59 Å². The lowest BCUT2D eigenvalue weighted by molar-refractivity contribution is -0.131. The van der Waals surface area contributed by atoms with Gasteiger partial charge >= 0.3 is 0 Å². The van der Waals surface area contributed by atoms with Crippen LogP contribution in [0.1, 0.15) is 47.6 Å². The topological polar surface area (TPSA) is 80.1 Å². The summed E-state index contributed by atoms with van der Waals surface area (Å²) in [4.78, 5) is 28.1. The van der Waals surface area contributed by atoms with Crippen LogP contribution < -0.4 is 5.32 Å². The maximum Gasteiger partial charge on any atom is 0.274 e. The third-order valence-corrected chi connectivity index (χ3v) is 4.32. The minimum Gasteiger partial charge on any atom is -0.347 e. The standard InChI is InChI=1S/C20H29N5O2/c1-12(2)10-16(20(27)24(6)7)21-19(26)18-15(5)22-25(23-18)17-9-8-13(3)11-14(17)4/h8-9,11-12,16H,10H2,1-7H3,(H,21,26)/t16-/m1/s1. The first-order chi connectivity index (χ1) is 12.6. The average Bonchev–Trinajstić information content (AvgIpc) is 2.94. The zero-order chi connectivity index (χ0) is 20.3. The van der Waals surface area contributed by atoms with E-state index < -0.39 is 6.04 Å². The molecule has 1 atom stereocenters. The van der Waals surface area contributed by atoms with Gasteiger partial charge in [0.1, 0.15) is 6.04 Å². The van der Waals surface area contributed by atoms with Crippen molar-refractivity contribution in [2.75, 3.05) is 14.1 Å². The normalized spacial score (nSPS) is 12.1. The Hall–Kier alpha value is -2.70. The molecule has 146 valence electrons. The van der Waals surface area contributed by atoms with E-state index in [4.69, 9.17) is 0 Å². The molecular formula is C20H29N5O2. The number of aromatic nitrogens is 3. The zero-order valence-electron chi connectivity index (χ0n) is 17.2. The Kier molecular flexibility index (Phi) is 6.36. The van der Waals surface area contributed by atoms with E-state index in [1.165, 1.54) is 9.70 Å². The van der Waals surface area contributed by atoms with Gasteiger partial charge in [-0.15, -0.1) is 5.10 Å². The van der Waals surface area contributed by atoms with Crippen LogP contribution in [0.2, 0.25) is 0 Å². The molecule has 0 saturated heterocycles. The lowest BCUT2D eigenvalue weighted by atomic mass is 10.0. The number of likely N-dealkylation sites (N-methyl/N-ethyl adjacent to an activating group) is 1.